The van der Waals surface area contributed by atoms with Gasteiger partial charge in [0.05, 0.1) is 0 Å². The molecule has 0 nitrogen and oxygen atoms in total. The van der Waals surface area contributed by atoms with Gasteiger partial charge in [-0.3, -0.25) is 0 Å². The molecule has 0 amide bonds. The van der Waals surface area contributed by atoms with Gasteiger partial charge in [0.2, 0.25) is 0 Å². The molecule has 122 valence electrons. The second-order valence-electron chi connectivity index (χ2n) is 5.79. The van der Waals surface area contributed by atoms with Crippen LogP contribution >= 0.6 is 0 Å². The number of halogens is 3. The van der Waals surface area contributed by atoms with Gasteiger partial charge in [-0.05, 0) is 0 Å². The van der Waals surface area contributed by atoms with Gasteiger partial charge in [0, 0.05) is 0 Å². The first kappa shape index (κ1) is 17.1. The van der Waals surface area contributed by atoms with Gasteiger partial charge in [-0.1, -0.05) is 0 Å². The van der Waals surface area contributed by atoms with E-state index in [1.165, 1.54) is 36.4 Å². The molecule has 0 heterocycles. The molecule has 0 atom stereocenters. The molecular formula is C20H17F3Sn. The summed E-state index contributed by atoms with van der Waals surface area (Å²) in [6.07, 6.45) is 0. The molecular weight excluding hydrogens is 416 g/mol. The molecule has 0 aliphatic rings. The van der Waals surface area contributed by atoms with Crippen LogP contribution in [0.5, 0.6) is 0 Å². The molecule has 0 aliphatic heterocycles. The molecule has 3 aromatic rings. The van der Waals surface area contributed by atoms with Crippen LogP contribution in [0.4, 0.5) is 13.2 Å². The van der Waals surface area contributed by atoms with Crippen molar-refractivity contribution in [3.05, 3.63) is 90.2 Å². The van der Waals surface area contributed by atoms with Crippen molar-refractivity contribution in [2.45, 2.75) is 11.4 Å². The third kappa shape index (κ3) is 3.09. The van der Waals surface area contributed by atoms with E-state index in [0.717, 1.165) is 15.2 Å². The summed E-state index contributed by atoms with van der Waals surface area (Å²) in [4.78, 5) is 0. The summed E-state index contributed by atoms with van der Waals surface area (Å²) in [6, 6.07) is 19.4. The Balaban J connectivity index is 2.34. The maximum absolute atomic E-state index is 13.9. The van der Waals surface area contributed by atoms with Crippen LogP contribution in [0.15, 0.2) is 72.8 Å². The van der Waals surface area contributed by atoms with Crippen molar-refractivity contribution in [2.75, 3.05) is 0 Å². The van der Waals surface area contributed by atoms with E-state index in [4.69, 9.17) is 0 Å². The van der Waals surface area contributed by atoms with Crippen molar-refractivity contribution in [3.8, 4) is 0 Å². The van der Waals surface area contributed by atoms with Crippen molar-refractivity contribution >= 4 is 29.1 Å². The summed E-state index contributed by atoms with van der Waals surface area (Å²) in [7, 11) is 0. The molecule has 0 saturated carbocycles. The van der Waals surface area contributed by atoms with Gasteiger partial charge in [0.15, 0.2) is 0 Å². The van der Waals surface area contributed by atoms with Gasteiger partial charge >= 0.3 is 144 Å². The summed E-state index contributed by atoms with van der Waals surface area (Å²) in [5.41, 5.74) is 0. The van der Waals surface area contributed by atoms with E-state index >= 15 is 0 Å². The normalized spacial score (nSPS) is 11.5. The SMILES string of the molecule is C[CH2][Sn]([c]1cccc(F)c1)([c]1cccc(F)c1)[c]1cccc(F)c1. The van der Waals surface area contributed by atoms with Crippen molar-refractivity contribution in [1.82, 2.24) is 0 Å². The molecule has 0 bridgehead atoms. The van der Waals surface area contributed by atoms with Gasteiger partial charge in [-0.2, -0.15) is 0 Å². The average Bonchev–Trinajstić information content (AvgIpc) is 2.56. The molecule has 0 aliphatic carbocycles. The Hall–Kier alpha value is -1.75. The second kappa shape index (κ2) is 7.01. The Morgan fingerprint density at radius 2 is 0.958 bits per heavy atom. The molecule has 4 heteroatoms. The van der Waals surface area contributed by atoms with E-state index in [-0.39, 0.29) is 17.5 Å². The monoisotopic (exact) mass is 434 g/mol. The molecule has 0 saturated heterocycles. The predicted molar refractivity (Wildman–Crippen MR) is 94.3 cm³/mol. The Morgan fingerprint density at radius 3 is 1.21 bits per heavy atom. The molecule has 0 N–H and O–H groups in total. The van der Waals surface area contributed by atoms with Gasteiger partial charge in [-0.15, -0.1) is 0 Å². The standard InChI is InChI=1S/3C6H4F.C2H5.Sn/c3*7-6-4-2-1-3-5-6;1-2;/h3*1-2,4-5H;1H2,2H3;. The quantitative estimate of drug-likeness (QED) is 0.552. The van der Waals surface area contributed by atoms with Crippen LogP contribution < -0.4 is 10.7 Å². The van der Waals surface area contributed by atoms with Crippen LogP contribution in [0.1, 0.15) is 6.92 Å². The van der Waals surface area contributed by atoms with E-state index in [9.17, 15) is 13.2 Å². The van der Waals surface area contributed by atoms with Crippen molar-refractivity contribution in [2.24, 2.45) is 0 Å². The van der Waals surface area contributed by atoms with Crippen molar-refractivity contribution in [1.29, 1.82) is 0 Å². The Bertz CT molecular complexity index is 750. The maximum atomic E-state index is 13.9. The summed E-state index contributed by atoms with van der Waals surface area (Å²) in [5.74, 6) is -0.973. The zero-order chi connectivity index (χ0) is 17.2. The van der Waals surface area contributed by atoms with Gasteiger partial charge in [0.1, 0.15) is 0 Å². The zero-order valence-electron chi connectivity index (χ0n) is 13.3. The van der Waals surface area contributed by atoms with Crippen molar-refractivity contribution in [3.63, 3.8) is 0 Å². The Kier molecular flexibility index (Phi) is 4.99. The predicted octanol–water partition coefficient (Wildman–Crippen LogP) is 3.59. The first-order valence-corrected chi connectivity index (χ1v) is 14.1. The third-order valence-corrected chi connectivity index (χ3v) is 18.6. The third-order valence-electron chi connectivity index (χ3n) is 4.48. The van der Waals surface area contributed by atoms with Crippen LogP contribution in [0, 0.1) is 17.5 Å². The average molecular weight is 433 g/mol. The molecule has 24 heavy (non-hydrogen) atoms. The molecule has 0 spiro atoms. The van der Waals surface area contributed by atoms with Crippen LogP contribution in [0.3, 0.4) is 0 Å². The molecule has 0 aromatic heterocycles. The molecule has 0 radical (unpaired) electrons. The van der Waals surface area contributed by atoms with E-state index in [2.05, 4.69) is 0 Å². The summed E-state index contributed by atoms with van der Waals surface area (Å²) >= 11 is -3.68. The van der Waals surface area contributed by atoms with Gasteiger partial charge in [-0.25, -0.2) is 0 Å². The minimum atomic E-state index is -3.68. The minimum absolute atomic E-state index is 0.324. The summed E-state index contributed by atoms with van der Waals surface area (Å²) in [6.45, 7) is 2.02. The number of rotatable bonds is 4. The number of hydrogen-bond donors (Lipinski definition) is 0. The van der Waals surface area contributed by atoms with Gasteiger partial charge < -0.3 is 0 Å². The second-order valence-corrected chi connectivity index (χ2v) is 17.9. The van der Waals surface area contributed by atoms with E-state index in [1.54, 1.807) is 18.2 Å². The van der Waals surface area contributed by atoms with Crippen molar-refractivity contribution < 1.29 is 13.2 Å². The first-order valence-electron chi connectivity index (χ1n) is 7.84. The number of benzene rings is 3. The topological polar surface area (TPSA) is 0 Å². The Labute approximate surface area is 143 Å². The molecule has 3 aromatic carbocycles. The Morgan fingerprint density at radius 1 is 0.625 bits per heavy atom. The van der Waals surface area contributed by atoms with E-state index in [0.29, 0.717) is 0 Å². The van der Waals surface area contributed by atoms with Crippen LogP contribution in [-0.4, -0.2) is 18.4 Å². The van der Waals surface area contributed by atoms with Gasteiger partial charge in [0.25, 0.3) is 0 Å². The van der Waals surface area contributed by atoms with Crippen LogP contribution in [0.25, 0.3) is 0 Å². The summed E-state index contributed by atoms with van der Waals surface area (Å²) < 4.78 is 45.1. The fraction of sp³-hybridized carbons (Fsp3) is 0.100. The molecule has 0 unspecified atom stereocenters. The number of hydrogen-bond acceptors (Lipinski definition) is 0. The fourth-order valence-electron chi connectivity index (χ4n) is 3.37. The molecule has 3 rings (SSSR count). The summed E-state index contributed by atoms with van der Waals surface area (Å²) in [5, 5.41) is 0. The molecule has 0 fully saturated rings. The fourth-order valence-corrected chi connectivity index (χ4v) is 16.3. The van der Waals surface area contributed by atoms with Crippen LogP contribution in [0.2, 0.25) is 4.44 Å². The first-order chi connectivity index (χ1) is 11.6. The zero-order valence-corrected chi connectivity index (χ0v) is 16.1. The van der Waals surface area contributed by atoms with E-state index in [1.807, 2.05) is 25.1 Å². The van der Waals surface area contributed by atoms with Crippen LogP contribution in [-0.2, 0) is 0 Å². The van der Waals surface area contributed by atoms with E-state index < -0.39 is 18.4 Å².